The Morgan fingerprint density at radius 2 is 1.76 bits per heavy atom. The number of nitrogens with one attached hydrogen (secondary N) is 1. The van der Waals surface area contributed by atoms with Gasteiger partial charge < -0.3 is 4.98 Å². The number of hydrogen-bond acceptors (Lipinski definition) is 0. The summed E-state index contributed by atoms with van der Waals surface area (Å²) in [6, 6.07) is 10.9. The molecule has 1 heterocycles. The zero-order chi connectivity index (χ0) is 11.8. The molecule has 0 saturated heterocycles. The van der Waals surface area contributed by atoms with Gasteiger partial charge >= 0.3 is 0 Å². The van der Waals surface area contributed by atoms with Crippen molar-refractivity contribution in [3.05, 3.63) is 45.9 Å². The zero-order valence-corrected chi connectivity index (χ0v) is 11.4. The third-order valence-corrected chi connectivity index (χ3v) is 4.70. The van der Waals surface area contributed by atoms with Crippen LogP contribution in [0.15, 0.2) is 34.8 Å². The van der Waals surface area contributed by atoms with E-state index < -0.39 is 0 Å². The fourth-order valence-electron chi connectivity index (χ4n) is 3.28. The monoisotopic (exact) mass is 285 g/mol. The van der Waals surface area contributed by atoms with Crippen molar-refractivity contribution in [2.24, 2.45) is 0 Å². The Morgan fingerprint density at radius 1 is 1.00 bits per heavy atom. The van der Waals surface area contributed by atoms with Crippen molar-refractivity contribution in [3.8, 4) is 0 Å². The van der Waals surface area contributed by atoms with E-state index in [1.54, 1.807) is 0 Å². The van der Waals surface area contributed by atoms with E-state index in [1.807, 2.05) is 0 Å². The van der Waals surface area contributed by atoms with Crippen LogP contribution in [-0.2, 0) is 5.41 Å². The normalized spacial score (nSPS) is 16.4. The van der Waals surface area contributed by atoms with E-state index in [-0.39, 0.29) is 5.41 Å². The lowest BCUT2D eigenvalue weighted by molar-refractivity contribution is 0.659. The van der Waals surface area contributed by atoms with Crippen molar-refractivity contribution in [2.75, 3.05) is 0 Å². The summed E-state index contributed by atoms with van der Waals surface area (Å²) in [5.74, 6) is 0. The molecule has 84 valence electrons. The maximum Gasteiger partial charge on any atom is 0.0468 e. The van der Waals surface area contributed by atoms with Gasteiger partial charge in [-0.2, -0.15) is 0 Å². The van der Waals surface area contributed by atoms with E-state index in [1.165, 1.54) is 37.4 Å². The van der Waals surface area contributed by atoms with Gasteiger partial charge in [0, 0.05) is 31.7 Å². The fourth-order valence-corrected chi connectivity index (χ4v) is 4.10. The van der Waals surface area contributed by atoms with Crippen LogP contribution in [0.1, 0.15) is 25.0 Å². The van der Waals surface area contributed by atoms with Crippen molar-refractivity contribution >= 4 is 37.7 Å². The molecule has 3 aromatic rings. The maximum atomic E-state index is 3.71. The Labute approximate surface area is 108 Å². The van der Waals surface area contributed by atoms with Gasteiger partial charge in [-0.1, -0.05) is 41.9 Å². The lowest BCUT2D eigenvalue weighted by Gasteiger charge is -2.23. The van der Waals surface area contributed by atoms with Crippen LogP contribution in [0.3, 0.4) is 0 Å². The molecule has 0 aliphatic heterocycles. The first kappa shape index (κ1) is 9.72. The molecule has 0 atom stereocenters. The van der Waals surface area contributed by atoms with E-state index in [0.29, 0.717) is 0 Å². The molecule has 17 heavy (non-hydrogen) atoms. The highest BCUT2D eigenvalue weighted by Gasteiger charge is 2.36. The SMILES string of the molecule is CC1(C)c2cccc3[nH]c4ccc(Br)c1c4c23. The second-order valence-electron chi connectivity index (χ2n) is 5.32. The molecular weight excluding hydrogens is 274 g/mol. The summed E-state index contributed by atoms with van der Waals surface area (Å²) >= 11 is 3.71. The molecule has 0 bridgehead atoms. The van der Waals surface area contributed by atoms with Crippen LogP contribution >= 0.6 is 15.9 Å². The van der Waals surface area contributed by atoms with Gasteiger partial charge in [0.1, 0.15) is 0 Å². The molecule has 0 spiro atoms. The maximum absolute atomic E-state index is 3.71. The predicted molar refractivity (Wildman–Crippen MR) is 75.6 cm³/mol. The summed E-state index contributed by atoms with van der Waals surface area (Å²) in [5.41, 5.74) is 5.45. The summed E-state index contributed by atoms with van der Waals surface area (Å²) in [6.45, 7) is 4.61. The third kappa shape index (κ3) is 0.963. The lowest BCUT2D eigenvalue weighted by Crippen LogP contribution is -2.16. The van der Waals surface area contributed by atoms with E-state index in [4.69, 9.17) is 0 Å². The summed E-state index contributed by atoms with van der Waals surface area (Å²) < 4.78 is 1.21. The minimum absolute atomic E-state index is 0.0949. The molecule has 1 aromatic heterocycles. The van der Waals surface area contributed by atoms with Gasteiger partial charge in [-0.3, -0.25) is 0 Å². The van der Waals surface area contributed by atoms with Gasteiger partial charge in [0.2, 0.25) is 0 Å². The van der Waals surface area contributed by atoms with Crippen molar-refractivity contribution in [1.29, 1.82) is 0 Å². The highest BCUT2D eigenvalue weighted by Crippen LogP contribution is 2.51. The first-order valence-corrected chi connectivity index (χ1v) is 6.64. The Bertz CT molecular complexity index is 780. The van der Waals surface area contributed by atoms with Gasteiger partial charge in [0.05, 0.1) is 0 Å². The smallest absolute Gasteiger partial charge is 0.0468 e. The first-order chi connectivity index (χ1) is 8.10. The number of benzene rings is 2. The second-order valence-corrected chi connectivity index (χ2v) is 6.18. The quantitative estimate of drug-likeness (QED) is 0.615. The average molecular weight is 286 g/mol. The molecule has 1 aliphatic carbocycles. The second kappa shape index (κ2) is 2.75. The lowest BCUT2D eigenvalue weighted by atomic mass is 9.81. The molecule has 0 radical (unpaired) electrons. The molecule has 0 unspecified atom stereocenters. The summed E-state index contributed by atoms with van der Waals surface area (Å²) in [4.78, 5) is 3.50. The van der Waals surface area contributed by atoms with Gasteiger partial charge in [0.25, 0.3) is 0 Å². The molecule has 1 nitrogen and oxygen atoms in total. The van der Waals surface area contributed by atoms with Gasteiger partial charge in [0.15, 0.2) is 0 Å². The summed E-state index contributed by atoms with van der Waals surface area (Å²) in [7, 11) is 0. The Morgan fingerprint density at radius 3 is 2.59 bits per heavy atom. The number of hydrogen-bond donors (Lipinski definition) is 1. The highest BCUT2D eigenvalue weighted by molar-refractivity contribution is 9.10. The van der Waals surface area contributed by atoms with Gasteiger partial charge in [-0.05, 0) is 29.3 Å². The van der Waals surface area contributed by atoms with Crippen molar-refractivity contribution in [1.82, 2.24) is 4.98 Å². The number of halogens is 1. The van der Waals surface area contributed by atoms with Gasteiger partial charge in [-0.25, -0.2) is 0 Å². The highest BCUT2D eigenvalue weighted by atomic mass is 79.9. The topological polar surface area (TPSA) is 15.8 Å². The fraction of sp³-hybridized carbons (Fsp3) is 0.200. The summed E-state index contributed by atoms with van der Waals surface area (Å²) in [6.07, 6.45) is 0. The van der Waals surface area contributed by atoms with Gasteiger partial charge in [-0.15, -0.1) is 0 Å². The third-order valence-electron chi connectivity index (χ3n) is 4.04. The van der Waals surface area contributed by atoms with Crippen LogP contribution in [0.5, 0.6) is 0 Å². The molecule has 1 N–H and O–H groups in total. The Hall–Kier alpha value is -1.28. The Balaban J connectivity index is 2.41. The Kier molecular flexibility index (Phi) is 1.57. The minimum atomic E-state index is 0.0949. The molecular formula is C15H12BrN. The number of rotatable bonds is 0. The number of aromatic nitrogens is 1. The molecule has 2 heteroatoms. The molecule has 0 saturated carbocycles. The standard InChI is InChI=1S/C15H12BrN/c1-15(2)8-4-3-5-10-12(8)13-11(17-10)7-6-9(16)14(13)15/h3-7,17H,1-2H3. The van der Waals surface area contributed by atoms with E-state index >= 15 is 0 Å². The number of aromatic amines is 1. The van der Waals surface area contributed by atoms with Crippen LogP contribution in [-0.4, -0.2) is 4.98 Å². The van der Waals surface area contributed by atoms with Crippen LogP contribution in [0.2, 0.25) is 0 Å². The minimum Gasteiger partial charge on any atom is -0.354 e. The molecule has 0 fully saturated rings. The van der Waals surface area contributed by atoms with E-state index in [0.717, 1.165) is 0 Å². The van der Waals surface area contributed by atoms with Crippen molar-refractivity contribution in [3.63, 3.8) is 0 Å². The molecule has 0 amide bonds. The van der Waals surface area contributed by atoms with Crippen molar-refractivity contribution < 1.29 is 0 Å². The number of H-pyrrole nitrogens is 1. The van der Waals surface area contributed by atoms with Crippen LogP contribution in [0, 0.1) is 0 Å². The molecule has 4 rings (SSSR count). The average Bonchev–Trinajstić information content (AvgIpc) is 2.77. The van der Waals surface area contributed by atoms with Crippen LogP contribution in [0.4, 0.5) is 0 Å². The predicted octanol–water partition coefficient (Wildman–Crippen LogP) is 4.72. The summed E-state index contributed by atoms with van der Waals surface area (Å²) in [5, 5.41) is 2.80. The zero-order valence-electron chi connectivity index (χ0n) is 9.76. The first-order valence-electron chi connectivity index (χ1n) is 5.84. The van der Waals surface area contributed by atoms with Crippen LogP contribution in [0.25, 0.3) is 21.8 Å². The van der Waals surface area contributed by atoms with E-state index in [2.05, 4.69) is 65.1 Å². The van der Waals surface area contributed by atoms with Crippen molar-refractivity contribution in [2.45, 2.75) is 19.3 Å². The van der Waals surface area contributed by atoms with E-state index in [9.17, 15) is 0 Å². The molecule has 1 aliphatic rings. The largest absolute Gasteiger partial charge is 0.354 e. The van der Waals surface area contributed by atoms with Crippen LogP contribution < -0.4 is 0 Å². The molecule has 2 aromatic carbocycles.